The molecule has 0 aromatic rings. The van der Waals surface area contributed by atoms with Crippen molar-refractivity contribution in [2.75, 3.05) is 6.54 Å². The molecule has 0 aromatic heterocycles. The summed E-state index contributed by atoms with van der Waals surface area (Å²) in [6.07, 6.45) is 2.39. The van der Waals surface area contributed by atoms with E-state index < -0.39 is 0 Å². The lowest BCUT2D eigenvalue weighted by Gasteiger charge is -1.80. The van der Waals surface area contributed by atoms with Crippen molar-refractivity contribution in [2.24, 2.45) is 5.73 Å². The maximum Gasteiger partial charge on any atom is -0.00774 e. The van der Waals surface area contributed by atoms with Gasteiger partial charge in [-0.2, -0.15) is 0 Å². The Morgan fingerprint density at radius 1 is 1.50 bits per heavy atom. The van der Waals surface area contributed by atoms with Crippen LogP contribution in [0.5, 0.6) is 0 Å². The third-order valence-electron chi connectivity index (χ3n) is 0.558. The summed E-state index contributed by atoms with van der Waals surface area (Å²) in [6, 6.07) is 0. The Morgan fingerprint density at radius 2 is 2.00 bits per heavy atom. The van der Waals surface area contributed by atoms with E-state index in [4.69, 9.17) is 5.73 Å². The van der Waals surface area contributed by atoms with Gasteiger partial charge in [-0.1, -0.05) is 13.3 Å². The zero-order valence-electron chi connectivity index (χ0n) is 4.08. The van der Waals surface area contributed by atoms with Crippen molar-refractivity contribution in [2.45, 2.75) is 19.8 Å². The van der Waals surface area contributed by atoms with E-state index in [0.717, 1.165) is 6.54 Å². The fourth-order valence-electron chi connectivity index (χ4n) is 0.204. The van der Waals surface area contributed by atoms with Gasteiger partial charge < -0.3 is 22.7 Å². The van der Waals surface area contributed by atoms with Crippen LogP contribution in [0.4, 0.5) is 0 Å². The second-order valence-corrected chi connectivity index (χ2v) is 1.14. The van der Waals surface area contributed by atoms with E-state index in [1.165, 1.54) is 12.8 Å². The first-order valence-electron chi connectivity index (χ1n) is 2.12. The van der Waals surface area contributed by atoms with Gasteiger partial charge in [0.05, 0.1) is 0 Å². The lowest BCUT2D eigenvalue weighted by Crippen LogP contribution is -3.00. The van der Waals surface area contributed by atoms with Crippen LogP contribution in [-0.4, -0.2) is 6.54 Å². The summed E-state index contributed by atoms with van der Waals surface area (Å²) < 4.78 is 0. The molecule has 1 nitrogen and oxygen atoms in total. The average Bonchev–Trinajstić information content (AvgIpc) is 1.41. The van der Waals surface area contributed by atoms with Gasteiger partial charge in [0.2, 0.25) is 0 Å². The van der Waals surface area contributed by atoms with Crippen molar-refractivity contribution in [3.8, 4) is 0 Å². The second-order valence-electron chi connectivity index (χ2n) is 1.14. The smallest absolute Gasteiger partial charge is 0.00774 e. The van der Waals surface area contributed by atoms with Crippen LogP contribution in [0.15, 0.2) is 0 Å². The summed E-state index contributed by atoms with van der Waals surface area (Å²) in [6.45, 7) is 2.98. The Labute approximate surface area is 49.7 Å². The molecule has 6 heavy (non-hydrogen) atoms. The molecule has 0 aromatic carbocycles. The molecule has 2 heteroatoms. The molecule has 0 aliphatic heterocycles. The van der Waals surface area contributed by atoms with E-state index in [1.807, 2.05) is 0 Å². The largest absolute Gasteiger partial charge is 1.00 e. The molecule has 0 saturated carbocycles. The first-order chi connectivity index (χ1) is 2.41. The molecular weight excluding hydrogens is 142 g/mol. The Bertz CT molecular complexity index is 15.0. The summed E-state index contributed by atoms with van der Waals surface area (Å²) >= 11 is 0. The summed E-state index contributed by atoms with van der Waals surface area (Å²) in [5.74, 6) is 0. The molecule has 0 fully saturated rings. The zero-order chi connectivity index (χ0) is 4.12. The molecule has 0 rings (SSSR count). The Balaban J connectivity index is 0. The van der Waals surface area contributed by atoms with Crippen molar-refractivity contribution < 1.29 is 17.0 Å². The maximum absolute atomic E-state index is 5.14. The number of halogens is 1. The quantitative estimate of drug-likeness (QED) is 0.476. The highest BCUT2D eigenvalue weighted by molar-refractivity contribution is 4.29. The monoisotopic (exact) mass is 152 g/mol. The average molecular weight is 153 g/mol. The first-order valence-corrected chi connectivity index (χ1v) is 2.12. The third-order valence-corrected chi connectivity index (χ3v) is 0.558. The molecule has 0 unspecified atom stereocenters. The maximum atomic E-state index is 5.14. The van der Waals surface area contributed by atoms with Gasteiger partial charge >= 0.3 is 0 Å². The van der Waals surface area contributed by atoms with Crippen LogP contribution >= 0.6 is 0 Å². The minimum atomic E-state index is 0. The minimum absolute atomic E-state index is 0. The standard InChI is InChI=1S/C4H11N.BrH/c1-2-3-4-5;/h2-5H2,1H3;1H/p-1. The van der Waals surface area contributed by atoms with Gasteiger partial charge in [-0.3, -0.25) is 0 Å². The van der Waals surface area contributed by atoms with E-state index in [9.17, 15) is 0 Å². The molecule has 0 heterocycles. The topological polar surface area (TPSA) is 26.0 Å². The molecule has 2 N–H and O–H groups in total. The van der Waals surface area contributed by atoms with E-state index in [1.54, 1.807) is 0 Å². The van der Waals surface area contributed by atoms with E-state index in [0.29, 0.717) is 0 Å². The van der Waals surface area contributed by atoms with Gasteiger partial charge in [-0.15, -0.1) is 0 Å². The van der Waals surface area contributed by atoms with Crippen LogP contribution < -0.4 is 22.7 Å². The highest BCUT2D eigenvalue weighted by Gasteiger charge is 1.67. The van der Waals surface area contributed by atoms with Gasteiger partial charge in [-0.25, -0.2) is 0 Å². The molecule has 0 radical (unpaired) electrons. The summed E-state index contributed by atoms with van der Waals surface area (Å²) in [7, 11) is 0. The molecule has 0 amide bonds. The minimum Gasteiger partial charge on any atom is -1.00 e. The molecule has 0 spiro atoms. The number of unbranched alkanes of at least 4 members (excludes halogenated alkanes) is 1. The number of nitrogens with two attached hydrogens (primary N) is 1. The molecule has 0 saturated heterocycles. The summed E-state index contributed by atoms with van der Waals surface area (Å²) in [5, 5.41) is 0. The van der Waals surface area contributed by atoms with E-state index in [-0.39, 0.29) is 17.0 Å². The molecule has 40 valence electrons. The van der Waals surface area contributed by atoms with Crippen LogP contribution in [0.1, 0.15) is 19.8 Å². The Morgan fingerprint density at radius 3 is 2.00 bits per heavy atom. The SMILES string of the molecule is CCCCN.[Br-]. The van der Waals surface area contributed by atoms with Crippen molar-refractivity contribution in [3.63, 3.8) is 0 Å². The summed E-state index contributed by atoms with van der Waals surface area (Å²) in [4.78, 5) is 0. The molecule has 0 aliphatic carbocycles. The normalized spacial score (nSPS) is 7.00. The molecule has 0 atom stereocenters. The molecule has 0 bridgehead atoms. The van der Waals surface area contributed by atoms with Crippen LogP contribution in [0.3, 0.4) is 0 Å². The highest BCUT2D eigenvalue weighted by atomic mass is 79.9. The van der Waals surface area contributed by atoms with Gasteiger partial charge in [-0.05, 0) is 13.0 Å². The Hall–Kier alpha value is 0.440. The summed E-state index contributed by atoms with van der Waals surface area (Å²) in [5.41, 5.74) is 5.14. The lowest BCUT2D eigenvalue weighted by molar-refractivity contribution is -0.00000129. The van der Waals surface area contributed by atoms with Crippen LogP contribution in [0.2, 0.25) is 0 Å². The van der Waals surface area contributed by atoms with Crippen molar-refractivity contribution in [1.29, 1.82) is 0 Å². The third kappa shape index (κ3) is 8.83. The van der Waals surface area contributed by atoms with Gasteiger partial charge in [0, 0.05) is 0 Å². The fraction of sp³-hybridized carbons (Fsp3) is 1.00. The van der Waals surface area contributed by atoms with E-state index >= 15 is 0 Å². The van der Waals surface area contributed by atoms with Crippen LogP contribution in [0, 0.1) is 0 Å². The van der Waals surface area contributed by atoms with Gasteiger partial charge in [0.25, 0.3) is 0 Å². The number of hydrogen-bond donors (Lipinski definition) is 1. The predicted molar refractivity (Wildman–Crippen MR) is 24.0 cm³/mol. The number of rotatable bonds is 2. The van der Waals surface area contributed by atoms with Gasteiger partial charge in [0.15, 0.2) is 0 Å². The predicted octanol–water partition coefficient (Wildman–Crippen LogP) is -2.25. The first kappa shape index (κ1) is 9.67. The lowest BCUT2D eigenvalue weighted by atomic mass is 10.3. The second kappa shape index (κ2) is 9.06. The van der Waals surface area contributed by atoms with Crippen LogP contribution in [-0.2, 0) is 0 Å². The molecule has 0 aliphatic rings. The van der Waals surface area contributed by atoms with Crippen molar-refractivity contribution in [1.82, 2.24) is 0 Å². The fourth-order valence-corrected chi connectivity index (χ4v) is 0.204. The van der Waals surface area contributed by atoms with Gasteiger partial charge in [0.1, 0.15) is 0 Å². The van der Waals surface area contributed by atoms with E-state index in [2.05, 4.69) is 6.92 Å². The van der Waals surface area contributed by atoms with Crippen molar-refractivity contribution in [3.05, 3.63) is 0 Å². The highest BCUT2D eigenvalue weighted by Crippen LogP contribution is 1.77. The molecular formula is C4H11BrN-. The number of hydrogen-bond acceptors (Lipinski definition) is 1. The van der Waals surface area contributed by atoms with Crippen molar-refractivity contribution >= 4 is 0 Å². The van der Waals surface area contributed by atoms with Crippen LogP contribution in [0.25, 0.3) is 0 Å². The Kier molecular flexibility index (Phi) is 14.6. The zero-order valence-corrected chi connectivity index (χ0v) is 5.66.